The van der Waals surface area contributed by atoms with Gasteiger partial charge >= 0.3 is 0 Å². The predicted molar refractivity (Wildman–Crippen MR) is 115 cm³/mol. The van der Waals surface area contributed by atoms with Gasteiger partial charge in [-0.2, -0.15) is 0 Å². The second-order valence-electron chi connectivity index (χ2n) is 7.26. The van der Waals surface area contributed by atoms with E-state index in [2.05, 4.69) is 28.5 Å². The van der Waals surface area contributed by atoms with Crippen molar-refractivity contribution in [1.29, 1.82) is 0 Å². The number of carbonyl (C=O) groups is 1. The molecule has 0 aliphatic heterocycles. The molecule has 0 radical (unpaired) electrons. The van der Waals surface area contributed by atoms with Crippen LogP contribution in [0.25, 0.3) is 9.88 Å². The summed E-state index contributed by atoms with van der Waals surface area (Å²) in [5.41, 5.74) is 2.01. The van der Waals surface area contributed by atoms with Gasteiger partial charge in [0.15, 0.2) is 0 Å². The molecule has 146 valence electrons. The van der Waals surface area contributed by atoms with E-state index in [1.54, 1.807) is 29.8 Å². The number of nitrogens with one attached hydrogen (secondary N) is 1. The minimum Gasteiger partial charge on any atom is -0.496 e. The molecule has 0 saturated heterocycles. The van der Waals surface area contributed by atoms with Crippen LogP contribution in [0.15, 0.2) is 47.2 Å². The number of thiophene rings is 1. The van der Waals surface area contributed by atoms with E-state index in [-0.39, 0.29) is 11.3 Å². The summed E-state index contributed by atoms with van der Waals surface area (Å²) in [4.78, 5) is 18.4. The largest absolute Gasteiger partial charge is 0.496 e. The zero-order valence-corrected chi connectivity index (χ0v) is 17.6. The highest BCUT2D eigenvalue weighted by atomic mass is 32.1. The van der Waals surface area contributed by atoms with E-state index >= 15 is 0 Å². The van der Waals surface area contributed by atoms with Gasteiger partial charge in [0.05, 0.1) is 24.1 Å². The minimum absolute atomic E-state index is 0.0317. The SMILES string of the molecule is COc1ccccc1C1(CNC(=O)Cc2csc(-c3cccs3)n2)CCCC1. The number of hydrogen-bond acceptors (Lipinski definition) is 5. The van der Waals surface area contributed by atoms with Crippen molar-refractivity contribution in [2.24, 2.45) is 0 Å². The number of aromatic nitrogens is 1. The van der Waals surface area contributed by atoms with E-state index in [1.165, 1.54) is 18.4 Å². The minimum atomic E-state index is -0.0353. The van der Waals surface area contributed by atoms with Gasteiger partial charge in [-0.25, -0.2) is 4.98 Å². The number of ether oxygens (including phenoxy) is 1. The summed E-state index contributed by atoms with van der Waals surface area (Å²) >= 11 is 3.27. The van der Waals surface area contributed by atoms with Crippen molar-refractivity contribution >= 4 is 28.6 Å². The third-order valence-corrected chi connectivity index (χ3v) is 7.42. The fraction of sp³-hybridized carbons (Fsp3) is 0.364. The van der Waals surface area contributed by atoms with Crippen LogP contribution in [0.1, 0.15) is 36.9 Å². The maximum absolute atomic E-state index is 12.6. The molecule has 1 aromatic carbocycles. The highest BCUT2D eigenvalue weighted by Crippen LogP contribution is 2.44. The quantitative estimate of drug-likeness (QED) is 0.591. The number of para-hydroxylation sites is 1. The maximum Gasteiger partial charge on any atom is 0.226 e. The molecular weight excluding hydrogens is 388 g/mol. The van der Waals surface area contributed by atoms with Crippen molar-refractivity contribution in [3.63, 3.8) is 0 Å². The van der Waals surface area contributed by atoms with Gasteiger partial charge in [0.1, 0.15) is 10.8 Å². The second kappa shape index (κ2) is 8.45. The van der Waals surface area contributed by atoms with Crippen LogP contribution in [-0.2, 0) is 16.6 Å². The number of hydrogen-bond donors (Lipinski definition) is 1. The second-order valence-corrected chi connectivity index (χ2v) is 9.07. The van der Waals surface area contributed by atoms with Crippen LogP contribution in [0, 0.1) is 0 Å². The van der Waals surface area contributed by atoms with Crippen LogP contribution in [0.2, 0.25) is 0 Å². The normalized spacial score (nSPS) is 15.5. The lowest BCUT2D eigenvalue weighted by molar-refractivity contribution is -0.120. The first-order chi connectivity index (χ1) is 13.7. The van der Waals surface area contributed by atoms with Crippen molar-refractivity contribution in [3.05, 3.63) is 58.4 Å². The molecule has 4 nitrogen and oxygen atoms in total. The standard InChI is InChI=1S/C22H24N2O2S2/c1-26-18-8-3-2-7-17(18)22(10-4-5-11-22)15-23-20(25)13-16-14-28-21(24-16)19-9-6-12-27-19/h2-3,6-9,12,14H,4-5,10-11,13,15H2,1H3,(H,23,25). The molecule has 1 aliphatic carbocycles. The van der Waals surface area contributed by atoms with Gasteiger partial charge in [-0.15, -0.1) is 22.7 Å². The van der Waals surface area contributed by atoms with Crippen molar-refractivity contribution in [2.45, 2.75) is 37.5 Å². The molecule has 28 heavy (non-hydrogen) atoms. The average Bonchev–Trinajstić information content (AvgIpc) is 3.48. The lowest BCUT2D eigenvalue weighted by Gasteiger charge is -2.31. The van der Waals surface area contributed by atoms with E-state index in [4.69, 9.17) is 4.74 Å². The molecule has 6 heteroatoms. The molecule has 0 unspecified atom stereocenters. The molecular formula is C22H24N2O2S2. The summed E-state index contributed by atoms with van der Waals surface area (Å²) in [6, 6.07) is 12.3. The molecule has 1 aliphatic rings. The summed E-state index contributed by atoms with van der Waals surface area (Å²) in [5, 5.41) is 8.20. The summed E-state index contributed by atoms with van der Waals surface area (Å²) in [6.45, 7) is 0.647. The predicted octanol–water partition coefficient (Wildman–Crippen LogP) is 5.05. The van der Waals surface area contributed by atoms with Crippen LogP contribution in [0.5, 0.6) is 5.75 Å². The van der Waals surface area contributed by atoms with Crippen molar-refractivity contribution in [1.82, 2.24) is 10.3 Å². The molecule has 1 N–H and O–H groups in total. The Kier molecular flexibility index (Phi) is 5.78. The number of rotatable bonds is 7. The Balaban J connectivity index is 1.43. The van der Waals surface area contributed by atoms with Crippen LogP contribution >= 0.6 is 22.7 Å². The van der Waals surface area contributed by atoms with Gasteiger partial charge in [-0.3, -0.25) is 4.79 Å². The molecule has 0 atom stereocenters. The lowest BCUT2D eigenvalue weighted by Crippen LogP contribution is -2.39. The Hall–Kier alpha value is -2.18. The van der Waals surface area contributed by atoms with E-state index < -0.39 is 0 Å². The van der Waals surface area contributed by atoms with Crippen molar-refractivity contribution in [2.75, 3.05) is 13.7 Å². The summed E-state index contributed by atoms with van der Waals surface area (Å²) in [6.07, 6.45) is 4.85. The first-order valence-corrected chi connectivity index (χ1v) is 11.3. The molecule has 1 fully saturated rings. The van der Waals surface area contributed by atoms with E-state index in [0.29, 0.717) is 13.0 Å². The van der Waals surface area contributed by atoms with E-state index in [0.717, 1.165) is 34.2 Å². The topological polar surface area (TPSA) is 51.2 Å². The summed E-state index contributed by atoms with van der Waals surface area (Å²) in [7, 11) is 1.72. The zero-order chi connectivity index (χ0) is 19.4. The maximum atomic E-state index is 12.6. The van der Waals surface area contributed by atoms with Gasteiger partial charge in [-0.1, -0.05) is 37.1 Å². The number of carbonyl (C=O) groups excluding carboxylic acids is 1. The Morgan fingerprint density at radius 3 is 2.75 bits per heavy atom. The molecule has 0 spiro atoms. The number of methoxy groups -OCH3 is 1. The van der Waals surface area contributed by atoms with Crippen molar-refractivity contribution < 1.29 is 9.53 Å². The Morgan fingerprint density at radius 2 is 2.00 bits per heavy atom. The number of benzene rings is 1. The van der Waals surface area contributed by atoms with E-state index in [1.807, 2.05) is 29.0 Å². The highest BCUT2D eigenvalue weighted by molar-refractivity contribution is 7.20. The van der Waals surface area contributed by atoms with Crippen LogP contribution in [0.4, 0.5) is 0 Å². The fourth-order valence-electron chi connectivity index (χ4n) is 4.07. The monoisotopic (exact) mass is 412 g/mol. The van der Waals surface area contributed by atoms with Gasteiger partial charge in [0.2, 0.25) is 5.91 Å². The van der Waals surface area contributed by atoms with Gasteiger partial charge in [-0.05, 0) is 30.4 Å². The Labute approximate surface area is 173 Å². The van der Waals surface area contributed by atoms with E-state index in [9.17, 15) is 4.79 Å². The number of nitrogens with zero attached hydrogens (tertiary/aromatic N) is 1. The smallest absolute Gasteiger partial charge is 0.226 e. The summed E-state index contributed by atoms with van der Waals surface area (Å²) in [5.74, 6) is 0.947. The lowest BCUT2D eigenvalue weighted by atomic mass is 9.78. The van der Waals surface area contributed by atoms with Crippen LogP contribution in [0.3, 0.4) is 0 Å². The Morgan fingerprint density at radius 1 is 1.18 bits per heavy atom. The molecule has 2 aromatic heterocycles. The molecule has 2 heterocycles. The average molecular weight is 413 g/mol. The first kappa shape index (κ1) is 19.2. The molecule has 1 saturated carbocycles. The number of thiazole rings is 1. The summed E-state index contributed by atoms with van der Waals surface area (Å²) < 4.78 is 5.60. The Bertz CT molecular complexity index is 928. The third-order valence-electron chi connectivity index (χ3n) is 5.49. The molecule has 3 aromatic rings. The fourth-order valence-corrected chi connectivity index (χ4v) is 5.71. The zero-order valence-electron chi connectivity index (χ0n) is 15.9. The van der Waals surface area contributed by atoms with Gasteiger partial charge < -0.3 is 10.1 Å². The molecule has 1 amide bonds. The van der Waals surface area contributed by atoms with Crippen LogP contribution < -0.4 is 10.1 Å². The van der Waals surface area contributed by atoms with Gasteiger partial charge in [0.25, 0.3) is 0 Å². The van der Waals surface area contributed by atoms with Crippen molar-refractivity contribution in [3.8, 4) is 15.6 Å². The third kappa shape index (κ3) is 3.98. The number of amides is 1. The van der Waals surface area contributed by atoms with Gasteiger partial charge in [0, 0.05) is 22.9 Å². The highest BCUT2D eigenvalue weighted by Gasteiger charge is 2.38. The van der Waals surface area contributed by atoms with Crippen LogP contribution in [-0.4, -0.2) is 24.5 Å². The molecule has 0 bridgehead atoms. The first-order valence-electron chi connectivity index (χ1n) is 9.59. The molecule has 4 rings (SSSR count).